The molecule has 3 heteroatoms. The summed E-state index contributed by atoms with van der Waals surface area (Å²) in [6, 6.07) is 0. The van der Waals surface area contributed by atoms with Crippen LogP contribution in [0, 0.1) is 11.8 Å². The van der Waals surface area contributed by atoms with Crippen LogP contribution in [0.2, 0.25) is 0 Å². The Labute approximate surface area is 130 Å². The third kappa shape index (κ3) is 10.7. The van der Waals surface area contributed by atoms with Crippen molar-refractivity contribution < 1.29 is 9.90 Å². The Kier molecular flexibility index (Phi) is 13.9. The Balaban J connectivity index is 3.67. The number of hydrogen-bond donors (Lipinski definition) is 1. The van der Waals surface area contributed by atoms with Crippen LogP contribution in [-0.2, 0) is 4.79 Å². The number of carbonyl (C=O) groups excluding carboxylic acids is 1. The summed E-state index contributed by atoms with van der Waals surface area (Å²) in [5, 5.41) is 9.78. The summed E-state index contributed by atoms with van der Waals surface area (Å²) in [4.78, 5) is 10.9. The van der Waals surface area contributed by atoms with Gasteiger partial charge in [-0.1, -0.05) is 40.0 Å². The summed E-state index contributed by atoms with van der Waals surface area (Å²) in [7, 11) is 0. The van der Waals surface area contributed by atoms with Crippen LogP contribution in [0.3, 0.4) is 0 Å². The van der Waals surface area contributed by atoms with Gasteiger partial charge < -0.3 is 9.90 Å². The van der Waals surface area contributed by atoms with E-state index in [2.05, 4.69) is 20.8 Å². The second-order valence-electron chi connectivity index (χ2n) is 5.95. The molecule has 0 aliphatic heterocycles. The maximum atomic E-state index is 10.9. The number of aldehydes is 1. The van der Waals surface area contributed by atoms with E-state index < -0.39 is 0 Å². The molecule has 120 valence electrons. The van der Waals surface area contributed by atoms with E-state index in [0.717, 1.165) is 50.1 Å². The Bertz CT molecular complexity index is 221. The molecule has 2 nitrogen and oxygen atoms in total. The van der Waals surface area contributed by atoms with E-state index in [0.29, 0.717) is 5.25 Å². The molecule has 0 aromatic rings. The minimum atomic E-state index is 0.231. The van der Waals surface area contributed by atoms with Gasteiger partial charge in [0.05, 0.1) is 6.61 Å². The second-order valence-corrected chi connectivity index (χ2v) is 7.36. The summed E-state index contributed by atoms with van der Waals surface area (Å²) in [6.45, 7) is 6.95. The molecule has 0 fully saturated rings. The zero-order valence-corrected chi connectivity index (χ0v) is 14.5. The first-order chi connectivity index (χ1) is 9.67. The fourth-order valence-electron chi connectivity index (χ4n) is 2.37. The van der Waals surface area contributed by atoms with E-state index in [-0.39, 0.29) is 12.5 Å². The Hall–Kier alpha value is -0.0200. The van der Waals surface area contributed by atoms with E-state index in [1.165, 1.54) is 19.3 Å². The maximum absolute atomic E-state index is 10.9. The molecule has 0 aromatic heterocycles. The quantitative estimate of drug-likeness (QED) is 0.373. The predicted octanol–water partition coefficient (Wildman–Crippen LogP) is 4.69. The summed E-state index contributed by atoms with van der Waals surface area (Å²) in [5.74, 6) is 2.21. The molecule has 0 saturated carbocycles. The predicted molar refractivity (Wildman–Crippen MR) is 90.3 cm³/mol. The van der Waals surface area contributed by atoms with Crippen molar-refractivity contribution in [2.45, 2.75) is 77.4 Å². The third-order valence-electron chi connectivity index (χ3n) is 4.05. The SMILES string of the molecule is CCC[C@H](C=O)CCC[C@H](CO)SCCCC(C)CC. The molecule has 0 aliphatic carbocycles. The molecule has 0 aromatic carbocycles. The van der Waals surface area contributed by atoms with Crippen molar-refractivity contribution in [1.82, 2.24) is 0 Å². The van der Waals surface area contributed by atoms with Crippen LogP contribution < -0.4 is 0 Å². The lowest BCUT2D eigenvalue weighted by molar-refractivity contribution is -0.111. The fraction of sp³-hybridized carbons (Fsp3) is 0.941. The Morgan fingerprint density at radius 3 is 2.40 bits per heavy atom. The average molecular weight is 303 g/mol. The minimum Gasteiger partial charge on any atom is -0.395 e. The minimum absolute atomic E-state index is 0.231. The molecule has 1 unspecified atom stereocenters. The van der Waals surface area contributed by atoms with Crippen molar-refractivity contribution in [1.29, 1.82) is 0 Å². The van der Waals surface area contributed by atoms with Crippen LogP contribution >= 0.6 is 11.8 Å². The van der Waals surface area contributed by atoms with Crippen molar-refractivity contribution in [3.05, 3.63) is 0 Å². The molecular formula is C17H34O2S. The number of aliphatic hydroxyl groups excluding tert-OH is 1. The third-order valence-corrected chi connectivity index (χ3v) is 5.43. The summed E-state index contributed by atoms with van der Waals surface area (Å²) < 4.78 is 0. The number of rotatable bonds is 14. The largest absolute Gasteiger partial charge is 0.395 e. The van der Waals surface area contributed by atoms with Gasteiger partial charge in [0.15, 0.2) is 0 Å². The van der Waals surface area contributed by atoms with Crippen molar-refractivity contribution in [2.24, 2.45) is 11.8 Å². The Morgan fingerprint density at radius 2 is 1.85 bits per heavy atom. The molecule has 0 bridgehead atoms. The first-order valence-electron chi connectivity index (χ1n) is 8.35. The molecule has 0 amide bonds. The summed E-state index contributed by atoms with van der Waals surface area (Å²) in [6.07, 6.45) is 10.1. The van der Waals surface area contributed by atoms with E-state index >= 15 is 0 Å². The van der Waals surface area contributed by atoms with Gasteiger partial charge in [-0.15, -0.1) is 0 Å². The van der Waals surface area contributed by atoms with Crippen molar-refractivity contribution >= 4 is 18.0 Å². The highest BCUT2D eigenvalue weighted by molar-refractivity contribution is 7.99. The van der Waals surface area contributed by atoms with Crippen molar-refractivity contribution in [2.75, 3.05) is 12.4 Å². The van der Waals surface area contributed by atoms with Gasteiger partial charge in [-0.3, -0.25) is 0 Å². The van der Waals surface area contributed by atoms with Gasteiger partial charge in [-0.2, -0.15) is 11.8 Å². The van der Waals surface area contributed by atoms with Crippen molar-refractivity contribution in [3.63, 3.8) is 0 Å². The Morgan fingerprint density at radius 1 is 1.10 bits per heavy atom. The van der Waals surface area contributed by atoms with Gasteiger partial charge in [0.2, 0.25) is 0 Å². The van der Waals surface area contributed by atoms with E-state index in [1.54, 1.807) is 0 Å². The lowest BCUT2D eigenvalue weighted by Crippen LogP contribution is -2.11. The van der Waals surface area contributed by atoms with Crippen LogP contribution in [0.1, 0.15) is 72.1 Å². The van der Waals surface area contributed by atoms with Crippen LogP contribution in [0.5, 0.6) is 0 Å². The monoisotopic (exact) mass is 302 g/mol. The highest BCUT2D eigenvalue weighted by atomic mass is 32.2. The molecule has 20 heavy (non-hydrogen) atoms. The van der Waals surface area contributed by atoms with Crippen LogP contribution in [-0.4, -0.2) is 29.0 Å². The number of aliphatic hydroxyl groups is 1. The van der Waals surface area contributed by atoms with E-state index in [9.17, 15) is 9.90 Å². The summed E-state index contributed by atoms with van der Waals surface area (Å²) in [5.41, 5.74) is 0. The molecule has 1 N–H and O–H groups in total. The number of carbonyl (C=O) groups is 1. The lowest BCUT2D eigenvalue weighted by atomic mass is 9.98. The van der Waals surface area contributed by atoms with Gasteiger partial charge >= 0.3 is 0 Å². The smallest absolute Gasteiger partial charge is 0.123 e. The summed E-state index contributed by atoms with van der Waals surface area (Å²) >= 11 is 1.91. The van der Waals surface area contributed by atoms with Crippen LogP contribution in [0.25, 0.3) is 0 Å². The van der Waals surface area contributed by atoms with Crippen molar-refractivity contribution in [3.8, 4) is 0 Å². The zero-order chi connectivity index (χ0) is 15.2. The van der Waals surface area contributed by atoms with Gasteiger partial charge in [-0.25, -0.2) is 0 Å². The van der Waals surface area contributed by atoms with Crippen LogP contribution in [0.4, 0.5) is 0 Å². The fourth-order valence-corrected chi connectivity index (χ4v) is 3.48. The van der Waals surface area contributed by atoms with Gasteiger partial charge in [0.1, 0.15) is 6.29 Å². The maximum Gasteiger partial charge on any atom is 0.123 e. The lowest BCUT2D eigenvalue weighted by Gasteiger charge is -2.16. The molecule has 0 saturated heterocycles. The van der Waals surface area contributed by atoms with Gasteiger partial charge in [-0.05, 0) is 43.8 Å². The highest BCUT2D eigenvalue weighted by Gasteiger charge is 2.11. The topological polar surface area (TPSA) is 37.3 Å². The van der Waals surface area contributed by atoms with Crippen LogP contribution in [0.15, 0.2) is 0 Å². The molecule has 0 radical (unpaired) electrons. The highest BCUT2D eigenvalue weighted by Crippen LogP contribution is 2.22. The molecule has 0 spiro atoms. The first kappa shape index (κ1) is 20.0. The molecule has 3 atom stereocenters. The van der Waals surface area contributed by atoms with E-state index in [4.69, 9.17) is 0 Å². The van der Waals surface area contributed by atoms with E-state index in [1.807, 2.05) is 11.8 Å². The zero-order valence-electron chi connectivity index (χ0n) is 13.6. The first-order valence-corrected chi connectivity index (χ1v) is 9.40. The normalized spacial score (nSPS) is 15.8. The average Bonchev–Trinajstić information content (AvgIpc) is 2.48. The molecule has 0 heterocycles. The van der Waals surface area contributed by atoms with Gasteiger partial charge in [0.25, 0.3) is 0 Å². The molecular weight excluding hydrogens is 268 g/mol. The standard InChI is InChI=1S/C17H34O2S/c1-4-8-16(13-18)10-6-11-17(14-19)20-12-7-9-15(3)5-2/h13,15-17,19H,4-12,14H2,1-3H3/t15?,16-,17+/m0/s1. The molecule has 0 rings (SSSR count). The number of hydrogen-bond acceptors (Lipinski definition) is 3. The second kappa shape index (κ2) is 13.9. The van der Waals surface area contributed by atoms with Gasteiger partial charge in [0, 0.05) is 11.2 Å². The number of thioether (sulfide) groups is 1. The molecule has 0 aliphatic rings.